The molecule has 0 spiro atoms. The molecule has 0 saturated carbocycles. The molecule has 3 aromatic heterocycles. The minimum absolute atomic E-state index is 0.0296. The Balaban J connectivity index is 1.96. The summed E-state index contributed by atoms with van der Waals surface area (Å²) in [6, 6.07) is 2.08. The number of hydrogen-bond acceptors (Lipinski definition) is 6. The Morgan fingerprint density at radius 3 is 2.95 bits per heavy atom. The largest absolute Gasteiger partial charge is 0.387 e. The highest BCUT2D eigenvalue weighted by Crippen LogP contribution is 2.34. The Bertz CT molecular complexity index is 896. The first-order valence-electron chi connectivity index (χ1n) is 7.33. The molecule has 1 aliphatic heterocycles. The fraction of sp³-hybridized carbons (Fsp3) is 0.400. The predicted octanol–water partition coefficient (Wildman–Crippen LogP) is 2.40. The minimum atomic E-state index is 0.0296. The summed E-state index contributed by atoms with van der Waals surface area (Å²) < 4.78 is 7.82. The van der Waals surface area contributed by atoms with E-state index in [9.17, 15) is 4.79 Å². The van der Waals surface area contributed by atoms with Crippen molar-refractivity contribution in [1.29, 1.82) is 0 Å². The van der Waals surface area contributed by atoms with E-state index in [2.05, 4.69) is 15.3 Å². The van der Waals surface area contributed by atoms with Crippen molar-refractivity contribution in [2.24, 2.45) is 0 Å². The lowest BCUT2D eigenvalue weighted by Gasteiger charge is -2.23. The van der Waals surface area contributed by atoms with Crippen LogP contribution in [0.2, 0.25) is 0 Å². The Hall–Kier alpha value is -1.99. The van der Waals surface area contributed by atoms with Crippen molar-refractivity contribution in [3.05, 3.63) is 28.9 Å². The van der Waals surface area contributed by atoms with Crippen molar-refractivity contribution in [3.8, 4) is 0 Å². The molecule has 0 amide bonds. The molecule has 3 aromatic rings. The molecule has 0 aliphatic carbocycles. The van der Waals surface area contributed by atoms with Gasteiger partial charge in [-0.3, -0.25) is 9.36 Å². The van der Waals surface area contributed by atoms with Crippen LogP contribution in [-0.2, 0) is 4.74 Å². The number of nitrogens with one attached hydrogen (secondary N) is 1. The van der Waals surface area contributed by atoms with Gasteiger partial charge >= 0.3 is 0 Å². The molecule has 1 aliphatic rings. The molecule has 0 atom stereocenters. The Morgan fingerprint density at radius 1 is 1.36 bits per heavy atom. The topological polar surface area (TPSA) is 69.0 Å². The molecule has 0 aromatic carbocycles. The first kappa shape index (κ1) is 13.7. The maximum atomic E-state index is 12.8. The minimum Gasteiger partial charge on any atom is -0.387 e. The average Bonchev–Trinajstić information content (AvgIpc) is 2.96. The third-order valence-electron chi connectivity index (χ3n) is 4.16. The summed E-state index contributed by atoms with van der Waals surface area (Å²) in [5, 5.41) is 4.08. The highest BCUT2D eigenvalue weighted by atomic mass is 32.1. The van der Waals surface area contributed by atoms with E-state index < -0.39 is 0 Å². The highest BCUT2D eigenvalue weighted by molar-refractivity contribution is 7.25. The van der Waals surface area contributed by atoms with Crippen LogP contribution in [0.5, 0.6) is 0 Å². The lowest BCUT2D eigenvalue weighted by molar-refractivity contribution is 0.0685. The van der Waals surface area contributed by atoms with Gasteiger partial charge in [-0.15, -0.1) is 11.3 Å². The number of fused-ring (bicyclic) bond motifs is 3. The van der Waals surface area contributed by atoms with Gasteiger partial charge in [0.25, 0.3) is 5.56 Å². The van der Waals surface area contributed by atoms with Crippen molar-refractivity contribution in [2.45, 2.75) is 18.9 Å². The zero-order chi connectivity index (χ0) is 15.1. The third-order valence-corrected chi connectivity index (χ3v) is 5.24. The van der Waals surface area contributed by atoms with Crippen molar-refractivity contribution in [1.82, 2.24) is 14.5 Å². The van der Waals surface area contributed by atoms with Gasteiger partial charge < -0.3 is 10.1 Å². The highest BCUT2D eigenvalue weighted by Gasteiger charge is 2.20. The fourth-order valence-electron chi connectivity index (χ4n) is 3.00. The lowest BCUT2D eigenvalue weighted by atomic mass is 10.1. The molecule has 0 bridgehead atoms. The number of anilines is 1. The summed E-state index contributed by atoms with van der Waals surface area (Å²) in [5.74, 6) is 0. The molecule has 7 heteroatoms. The summed E-state index contributed by atoms with van der Waals surface area (Å²) in [7, 11) is 1.86. The van der Waals surface area contributed by atoms with E-state index in [1.165, 1.54) is 11.3 Å². The van der Waals surface area contributed by atoms with Gasteiger partial charge in [-0.25, -0.2) is 9.97 Å². The summed E-state index contributed by atoms with van der Waals surface area (Å²) in [6.45, 7) is 1.40. The summed E-state index contributed by atoms with van der Waals surface area (Å²) in [6.07, 6.45) is 5.15. The second-order valence-electron chi connectivity index (χ2n) is 5.37. The van der Waals surface area contributed by atoms with Crippen LogP contribution < -0.4 is 10.9 Å². The number of nitrogens with zero attached hydrogens (tertiary/aromatic N) is 3. The van der Waals surface area contributed by atoms with Gasteiger partial charge in [-0.1, -0.05) is 0 Å². The number of pyridine rings is 1. The molecular weight excluding hydrogens is 300 g/mol. The van der Waals surface area contributed by atoms with Gasteiger partial charge in [-0.05, 0) is 18.9 Å². The molecule has 4 heterocycles. The van der Waals surface area contributed by atoms with E-state index in [0.29, 0.717) is 17.9 Å². The smallest absolute Gasteiger partial charge is 0.271 e. The molecular formula is C15H16N4O2S. The van der Waals surface area contributed by atoms with Gasteiger partial charge in [0.2, 0.25) is 0 Å². The van der Waals surface area contributed by atoms with Gasteiger partial charge in [0.1, 0.15) is 9.53 Å². The summed E-state index contributed by atoms with van der Waals surface area (Å²) in [5.41, 5.74) is 1.72. The summed E-state index contributed by atoms with van der Waals surface area (Å²) >= 11 is 1.42. The predicted molar refractivity (Wildman–Crippen MR) is 87.8 cm³/mol. The van der Waals surface area contributed by atoms with Gasteiger partial charge in [0.15, 0.2) is 0 Å². The second kappa shape index (κ2) is 5.33. The standard InChI is InChI=1S/C15H16N4O2S/c1-16-10-2-5-17-14-11(10)12-13(22-14)15(20)19(8-18-12)9-3-6-21-7-4-9/h2,5,8-9H,3-4,6-7H2,1H3,(H,16,17). The van der Waals surface area contributed by atoms with Gasteiger partial charge in [0.05, 0.1) is 17.2 Å². The Kier molecular flexibility index (Phi) is 3.31. The number of ether oxygens (including phenoxy) is 1. The molecule has 4 rings (SSSR count). The van der Waals surface area contributed by atoms with Crippen LogP contribution in [0, 0.1) is 0 Å². The SMILES string of the molecule is CNc1ccnc2sc3c(=O)n(C4CCOCC4)cnc3c12. The Labute approximate surface area is 130 Å². The summed E-state index contributed by atoms with van der Waals surface area (Å²) in [4.78, 5) is 22.6. The van der Waals surface area contributed by atoms with Crippen LogP contribution in [-0.4, -0.2) is 34.8 Å². The molecule has 22 heavy (non-hydrogen) atoms. The number of rotatable bonds is 2. The second-order valence-corrected chi connectivity index (χ2v) is 6.37. The number of aromatic nitrogens is 3. The number of hydrogen-bond donors (Lipinski definition) is 1. The van der Waals surface area contributed by atoms with Crippen molar-refractivity contribution in [3.63, 3.8) is 0 Å². The maximum absolute atomic E-state index is 12.8. The molecule has 0 unspecified atom stereocenters. The zero-order valence-corrected chi connectivity index (χ0v) is 13.0. The van der Waals surface area contributed by atoms with Gasteiger partial charge in [-0.2, -0.15) is 0 Å². The molecule has 1 N–H and O–H groups in total. The van der Waals surface area contributed by atoms with E-state index in [1.807, 2.05) is 13.1 Å². The fourth-order valence-corrected chi connectivity index (χ4v) is 4.06. The van der Waals surface area contributed by atoms with Crippen LogP contribution >= 0.6 is 11.3 Å². The van der Waals surface area contributed by atoms with Crippen molar-refractivity contribution in [2.75, 3.05) is 25.6 Å². The van der Waals surface area contributed by atoms with E-state index >= 15 is 0 Å². The first-order chi connectivity index (χ1) is 10.8. The molecule has 1 saturated heterocycles. The quantitative estimate of drug-likeness (QED) is 0.786. The van der Waals surface area contributed by atoms with E-state index in [4.69, 9.17) is 4.74 Å². The van der Waals surface area contributed by atoms with Gasteiger partial charge in [0, 0.05) is 38.2 Å². The van der Waals surface area contributed by atoms with E-state index in [-0.39, 0.29) is 11.6 Å². The van der Waals surface area contributed by atoms with E-state index in [0.717, 1.165) is 34.3 Å². The van der Waals surface area contributed by atoms with Crippen LogP contribution in [0.25, 0.3) is 20.4 Å². The van der Waals surface area contributed by atoms with Crippen LogP contribution in [0.3, 0.4) is 0 Å². The van der Waals surface area contributed by atoms with Crippen LogP contribution in [0.15, 0.2) is 23.4 Å². The zero-order valence-electron chi connectivity index (χ0n) is 12.2. The number of thiophene rings is 1. The Morgan fingerprint density at radius 2 is 2.18 bits per heavy atom. The average molecular weight is 316 g/mol. The molecule has 1 fully saturated rings. The van der Waals surface area contributed by atoms with E-state index in [1.54, 1.807) is 17.1 Å². The maximum Gasteiger partial charge on any atom is 0.271 e. The third kappa shape index (κ3) is 2.00. The molecule has 6 nitrogen and oxygen atoms in total. The molecule has 0 radical (unpaired) electrons. The molecule has 114 valence electrons. The van der Waals surface area contributed by atoms with Crippen LogP contribution in [0.4, 0.5) is 5.69 Å². The van der Waals surface area contributed by atoms with Crippen molar-refractivity contribution < 1.29 is 4.74 Å². The first-order valence-corrected chi connectivity index (χ1v) is 8.15. The van der Waals surface area contributed by atoms with Crippen molar-refractivity contribution >= 4 is 37.5 Å². The lowest BCUT2D eigenvalue weighted by Crippen LogP contribution is -2.28. The normalized spacial score (nSPS) is 16.4. The monoisotopic (exact) mass is 316 g/mol. The van der Waals surface area contributed by atoms with Crippen LogP contribution in [0.1, 0.15) is 18.9 Å².